The van der Waals surface area contributed by atoms with Gasteiger partial charge in [-0.2, -0.15) is 0 Å². The second-order valence-electron chi connectivity index (χ2n) is 5.74. The molecule has 5 nitrogen and oxygen atoms in total. The number of carbonyl (C=O) groups is 1. The van der Waals surface area contributed by atoms with Crippen LogP contribution in [0, 0.1) is 25.5 Å². The summed E-state index contributed by atoms with van der Waals surface area (Å²) in [5.41, 5.74) is 3.22. The largest absolute Gasteiger partial charge is 0.339 e. The van der Waals surface area contributed by atoms with Gasteiger partial charge in [0.25, 0.3) is 5.91 Å². The summed E-state index contributed by atoms with van der Waals surface area (Å²) in [6.07, 6.45) is 2.65. The first kappa shape index (κ1) is 17.5. The summed E-state index contributed by atoms with van der Waals surface area (Å²) in [6, 6.07) is 9.03. The molecule has 7 heteroatoms. The number of nitrogens with one attached hydrogen (secondary N) is 2. The summed E-state index contributed by atoms with van der Waals surface area (Å²) in [5.74, 6) is -1.97. The third kappa shape index (κ3) is 3.83. The Bertz CT molecular complexity index is 958. The highest BCUT2D eigenvalue weighted by Gasteiger charge is 2.11. The molecular formula is C19H16F2N4O. The molecule has 2 N–H and O–H groups in total. The van der Waals surface area contributed by atoms with Crippen molar-refractivity contribution in [2.24, 2.45) is 0 Å². The molecule has 0 saturated heterocycles. The number of hydrogen-bond donors (Lipinski definition) is 2. The van der Waals surface area contributed by atoms with Crippen LogP contribution >= 0.6 is 0 Å². The van der Waals surface area contributed by atoms with Crippen LogP contribution < -0.4 is 10.6 Å². The van der Waals surface area contributed by atoms with E-state index in [2.05, 4.69) is 20.6 Å². The monoisotopic (exact) mass is 354 g/mol. The first-order valence-corrected chi connectivity index (χ1v) is 7.86. The fourth-order valence-electron chi connectivity index (χ4n) is 2.30. The summed E-state index contributed by atoms with van der Waals surface area (Å²) >= 11 is 0. The second-order valence-corrected chi connectivity index (χ2v) is 5.74. The van der Waals surface area contributed by atoms with E-state index in [0.29, 0.717) is 17.2 Å². The lowest BCUT2D eigenvalue weighted by molar-refractivity contribution is 0.102. The van der Waals surface area contributed by atoms with E-state index in [0.717, 1.165) is 23.3 Å². The van der Waals surface area contributed by atoms with E-state index >= 15 is 0 Å². The first-order chi connectivity index (χ1) is 12.4. The van der Waals surface area contributed by atoms with Crippen molar-refractivity contribution in [3.05, 3.63) is 77.2 Å². The van der Waals surface area contributed by atoms with E-state index in [1.165, 1.54) is 18.5 Å². The Kier molecular flexibility index (Phi) is 4.88. The van der Waals surface area contributed by atoms with Crippen molar-refractivity contribution in [2.75, 3.05) is 10.6 Å². The summed E-state index contributed by atoms with van der Waals surface area (Å²) in [7, 11) is 0. The number of nitrogens with zero attached hydrogens (tertiary/aromatic N) is 2. The van der Waals surface area contributed by atoms with E-state index in [1.54, 1.807) is 0 Å². The Morgan fingerprint density at radius 1 is 1.00 bits per heavy atom. The van der Waals surface area contributed by atoms with Crippen LogP contribution in [-0.2, 0) is 0 Å². The summed E-state index contributed by atoms with van der Waals surface area (Å²) < 4.78 is 26.2. The van der Waals surface area contributed by atoms with Gasteiger partial charge in [0.15, 0.2) is 11.6 Å². The number of hydrogen-bond acceptors (Lipinski definition) is 4. The summed E-state index contributed by atoms with van der Waals surface area (Å²) in [4.78, 5) is 20.4. The standard InChI is InChI=1S/C19H16F2N4O/c1-11-4-3-5-16(12(11)2)25-19(26)17-9-23-18(10-22-17)24-13-6-7-14(20)15(21)8-13/h3-10H,1-2H3,(H,23,24)(H,25,26). The summed E-state index contributed by atoms with van der Waals surface area (Å²) in [6.45, 7) is 3.88. The zero-order chi connectivity index (χ0) is 18.7. The Labute approximate surface area is 149 Å². The maximum atomic E-state index is 13.2. The number of amides is 1. The van der Waals surface area contributed by atoms with Gasteiger partial charge < -0.3 is 10.6 Å². The van der Waals surface area contributed by atoms with E-state index in [4.69, 9.17) is 0 Å². The van der Waals surface area contributed by atoms with Gasteiger partial charge in [0.1, 0.15) is 11.5 Å². The fraction of sp³-hybridized carbons (Fsp3) is 0.105. The number of halogens is 2. The molecule has 26 heavy (non-hydrogen) atoms. The molecule has 0 spiro atoms. The molecule has 1 heterocycles. The van der Waals surface area contributed by atoms with Crippen molar-refractivity contribution in [3.63, 3.8) is 0 Å². The Morgan fingerprint density at radius 2 is 1.81 bits per heavy atom. The fourth-order valence-corrected chi connectivity index (χ4v) is 2.30. The Hall–Kier alpha value is -3.35. The molecule has 1 aromatic heterocycles. The maximum absolute atomic E-state index is 13.2. The summed E-state index contributed by atoms with van der Waals surface area (Å²) in [5, 5.41) is 5.59. The number of carbonyl (C=O) groups excluding carboxylic acids is 1. The minimum atomic E-state index is -0.965. The average molecular weight is 354 g/mol. The Morgan fingerprint density at radius 3 is 2.50 bits per heavy atom. The van der Waals surface area contributed by atoms with Crippen LogP contribution in [0.4, 0.5) is 26.0 Å². The van der Waals surface area contributed by atoms with Crippen LogP contribution in [0.5, 0.6) is 0 Å². The smallest absolute Gasteiger partial charge is 0.275 e. The first-order valence-electron chi connectivity index (χ1n) is 7.86. The molecule has 0 aliphatic heterocycles. The molecule has 0 saturated carbocycles. The Balaban J connectivity index is 1.71. The molecule has 0 bridgehead atoms. The van der Waals surface area contributed by atoms with Gasteiger partial charge in [-0.25, -0.2) is 18.7 Å². The zero-order valence-electron chi connectivity index (χ0n) is 14.2. The highest BCUT2D eigenvalue weighted by atomic mass is 19.2. The predicted octanol–water partition coefficient (Wildman–Crippen LogP) is 4.37. The number of rotatable bonds is 4. The molecule has 0 radical (unpaired) electrons. The van der Waals surface area contributed by atoms with Gasteiger partial charge in [-0.1, -0.05) is 12.1 Å². The van der Waals surface area contributed by atoms with Crippen LogP contribution in [0.15, 0.2) is 48.8 Å². The molecule has 0 fully saturated rings. The number of anilines is 3. The minimum Gasteiger partial charge on any atom is -0.339 e. The second kappa shape index (κ2) is 7.26. The lowest BCUT2D eigenvalue weighted by Crippen LogP contribution is -2.15. The van der Waals surface area contributed by atoms with Crippen molar-refractivity contribution in [1.82, 2.24) is 9.97 Å². The predicted molar refractivity (Wildman–Crippen MR) is 95.5 cm³/mol. The molecule has 132 valence electrons. The number of aryl methyl sites for hydroxylation is 1. The quantitative estimate of drug-likeness (QED) is 0.730. The molecule has 3 rings (SSSR count). The highest BCUT2D eigenvalue weighted by molar-refractivity contribution is 6.03. The van der Waals surface area contributed by atoms with Crippen molar-refractivity contribution in [3.8, 4) is 0 Å². The van der Waals surface area contributed by atoms with Gasteiger partial charge in [-0.3, -0.25) is 4.79 Å². The van der Waals surface area contributed by atoms with Gasteiger partial charge in [0, 0.05) is 17.4 Å². The number of aromatic nitrogens is 2. The lowest BCUT2D eigenvalue weighted by atomic mass is 10.1. The molecule has 2 aromatic carbocycles. The third-order valence-corrected chi connectivity index (χ3v) is 3.93. The van der Waals surface area contributed by atoms with Crippen LogP contribution in [0.3, 0.4) is 0 Å². The highest BCUT2D eigenvalue weighted by Crippen LogP contribution is 2.19. The van der Waals surface area contributed by atoms with E-state index in [1.807, 2.05) is 32.0 Å². The SMILES string of the molecule is Cc1cccc(NC(=O)c2cnc(Nc3ccc(F)c(F)c3)cn2)c1C. The average Bonchev–Trinajstić information content (AvgIpc) is 2.63. The van der Waals surface area contributed by atoms with Crippen molar-refractivity contribution in [2.45, 2.75) is 13.8 Å². The van der Waals surface area contributed by atoms with Gasteiger partial charge >= 0.3 is 0 Å². The molecule has 0 aliphatic rings. The molecular weight excluding hydrogens is 338 g/mol. The van der Waals surface area contributed by atoms with Gasteiger partial charge in [-0.05, 0) is 43.2 Å². The molecule has 0 atom stereocenters. The van der Waals surface area contributed by atoms with E-state index < -0.39 is 11.6 Å². The van der Waals surface area contributed by atoms with Crippen molar-refractivity contribution >= 4 is 23.1 Å². The van der Waals surface area contributed by atoms with Gasteiger partial charge in [0.05, 0.1) is 12.4 Å². The van der Waals surface area contributed by atoms with Gasteiger partial charge in [-0.15, -0.1) is 0 Å². The van der Waals surface area contributed by atoms with E-state index in [9.17, 15) is 13.6 Å². The van der Waals surface area contributed by atoms with Gasteiger partial charge in [0.2, 0.25) is 0 Å². The third-order valence-electron chi connectivity index (χ3n) is 3.93. The zero-order valence-corrected chi connectivity index (χ0v) is 14.2. The molecule has 1 amide bonds. The number of benzene rings is 2. The maximum Gasteiger partial charge on any atom is 0.275 e. The molecule has 0 aliphatic carbocycles. The van der Waals surface area contributed by atoms with Crippen LogP contribution in [0.2, 0.25) is 0 Å². The van der Waals surface area contributed by atoms with Crippen LogP contribution in [0.1, 0.15) is 21.6 Å². The lowest BCUT2D eigenvalue weighted by Gasteiger charge is -2.10. The molecule has 0 unspecified atom stereocenters. The topological polar surface area (TPSA) is 66.9 Å². The van der Waals surface area contributed by atoms with Crippen LogP contribution in [-0.4, -0.2) is 15.9 Å². The normalized spacial score (nSPS) is 10.5. The van der Waals surface area contributed by atoms with Crippen LogP contribution in [0.25, 0.3) is 0 Å². The van der Waals surface area contributed by atoms with E-state index in [-0.39, 0.29) is 11.6 Å². The van der Waals surface area contributed by atoms with Crippen molar-refractivity contribution < 1.29 is 13.6 Å². The molecule has 3 aromatic rings. The van der Waals surface area contributed by atoms with Crippen molar-refractivity contribution in [1.29, 1.82) is 0 Å². The minimum absolute atomic E-state index is 0.141.